The second-order valence-electron chi connectivity index (χ2n) is 6.61. The monoisotopic (exact) mass is 308 g/mol. The van der Waals surface area contributed by atoms with Gasteiger partial charge in [-0.15, -0.1) is 0 Å². The molecule has 0 atom stereocenters. The van der Waals surface area contributed by atoms with E-state index in [0.717, 1.165) is 56.9 Å². The van der Waals surface area contributed by atoms with Gasteiger partial charge in [0.15, 0.2) is 0 Å². The van der Waals surface area contributed by atoms with Crippen LogP contribution in [0.4, 0.5) is 0 Å². The van der Waals surface area contributed by atoms with Gasteiger partial charge in [0.05, 0.1) is 5.56 Å². The highest BCUT2D eigenvalue weighted by Crippen LogP contribution is 2.28. The van der Waals surface area contributed by atoms with Gasteiger partial charge in [0.2, 0.25) is 0 Å². The van der Waals surface area contributed by atoms with Crippen LogP contribution in [0.1, 0.15) is 83.1 Å². The van der Waals surface area contributed by atoms with E-state index in [-0.39, 0.29) is 11.4 Å². The van der Waals surface area contributed by atoms with Gasteiger partial charge in [-0.2, -0.15) is 0 Å². The lowest BCUT2D eigenvalue weighted by Crippen LogP contribution is -2.13. The van der Waals surface area contributed by atoms with E-state index in [4.69, 9.17) is 4.42 Å². The predicted octanol–water partition coefficient (Wildman–Crippen LogP) is 5.01. The molecule has 1 N–H and O–H groups in total. The van der Waals surface area contributed by atoms with Crippen LogP contribution in [0, 0.1) is 5.92 Å². The molecule has 22 heavy (non-hydrogen) atoms. The maximum atomic E-state index is 12.2. The fourth-order valence-electron chi connectivity index (χ4n) is 2.70. The van der Waals surface area contributed by atoms with E-state index in [1.165, 1.54) is 0 Å². The summed E-state index contributed by atoms with van der Waals surface area (Å²) in [5, 5.41) is 10.6. The van der Waals surface area contributed by atoms with Crippen LogP contribution in [0.15, 0.2) is 9.21 Å². The average Bonchev–Trinajstić information content (AvgIpc) is 2.46. The fraction of sp³-hybridized carbons (Fsp3) is 0.737. The molecular weight excluding hydrogens is 276 g/mol. The molecule has 0 aromatic carbocycles. The van der Waals surface area contributed by atoms with Gasteiger partial charge in [-0.25, -0.2) is 4.79 Å². The molecular formula is C19H32O3. The molecule has 1 aromatic heterocycles. The predicted molar refractivity (Wildman–Crippen MR) is 91.6 cm³/mol. The van der Waals surface area contributed by atoms with Crippen LogP contribution in [0.5, 0.6) is 5.75 Å². The standard InChI is InChI=1S/C19H32O3/c1-5-7-11-15-17(13-9-10-14(3)4)22-19(21)16(18(15)20)12-8-6-2/h14,20H,5-13H2,1-4H3. The largest absolute Gasteiger partial charge is 0.507 e. The van der Waals surface area contributed by atoms with Crippen molar-refractivity contribution >= 4 is 0 Å². The molecule has 3 nitrogen and oxygen atoms in total. The van der Waals surface area contributed by atoms with Gasteiger partial charge >= 0.3 is 5.63 Å². The topological polar surface area (TPSA) is 50.4 Å². The molecule has 126 valence electrons. The maximum Gasteiger partial charge on any atom is 0.342 e. The maximum absolute atomic E-state index is 12.2. The second-order valence-corrected chi connectivity index (χ2v) is 6.61. The Kier molecular flexibility index (Phi) is 8.29. The van der Waals surface area contributed by atoms with E-state index >= 15 is 0 Å². The van der Waals surface area contributed by atoms with Crippen molar-refractivity contribution in [1.29, 1.82) is 0 Å². The Morgan fingerprint density at radius 2 is 1.55 bits per heavy atom. The number of hydrogen-bond acceptors (Lipinski definition) is 3. The molecule has 0 aliphatic rings. The minimum absolute atomic E-state index is 0.206. The van der Waals surface area contributed by atoms with Crippen molar-refractivity contribution in [3.8, 4) is 5.75 Å². The summed E-state index contributed by atoms with van der Waals surface area (Å²) < 4.78 is 5.58. The van der Waals surface area contributed by atoms with Gasteiger partial charge < -0.3 is 9.52 Å². The Morgan fingerprint density at radius 1 is 0.955 bits per heavy atom. The summed E-state index contributed by atoms with van der Waals surface area (Å²) in [6.45, 7) is 8.60. The van der Waals surface area contributed by atoms with Gasteiger partial charge in [-0.05, 0) is 38.0 Å². The highest BCUT2D eigenvalue weighted by Gasteiger charge is 2.18. The van der Waals surface area contributed by atoms with Gasteiger partial charge in [0.1, 0.15) is 11.5 Å². The quantitative estimate of drug-likeness (QED) is 0.661. The zero-order chi connectivity index (χ0) is 16.5. The minimum atomic E-state index is -0.342. The van der Waals surface area contributed by atoms with Crippen LogP contribution in [0.25, 0.3) is 0 Å². The van der Waals surface area contributed by atoms with Crippen LogP contribution in [0.3, 0.4) is 0 Å². The van der Waals surface area contributed by atoms with Crippen LogP contribution in [-0.2, 0) is 19.3 Å². The van der Waals surface area contributed by atoms with Crippen LogP contribution < -0.4 is 5.63 Å². The molecule has 1 aromatic rings. The number of hydrogen-bond donors (Lipinski definition) is 1. The molecule has 0 spiro atoms. The van der Waals surface area contributed by atoms with Crippen molar-refractivity contribution in [3.05, 3.63) is 27.3 Å². The Hall–Kier alpha value is -1.25. The van der Waals surface area contributed by atoms with E-state index < -0.39 is 0 Å². The first-order valence-electron chi connectivity index (χ1n) is 8.87. The Bertz CT molecular complexity index is 500. The van der Waals surface area contributed by atoms with Crippen molar-refractivity contribution in [3.63, 3.8) is 0 Å². The second kappa shape index (κ2) is 9.70. The smallest absolute Gasteiger partial charge is 0.342 e. The lowest BCUT2D eigenvalue weighted by Gasteiger charge is -2.13. The molecule has 0 saturated carbocycles. The fourth-order valence-corrected chi connectivity index (χ4v) is 2.70. The normalized spacial score (nSPS) is 11.3. The summed E-state index contributed by atoms with van der Waals surface area (Å²) in [4.78, 5) is 12.2. The summed E-state index contributed by atoms with van der Waals surface area (Å²) in [5.74, 6) is 1.55. The third kappa shape index (κ3) is 5.51. The van der Waals surface area contributed by atoms with E-state index in [9.17, 15) is 9.90 Å². The molecule has 0 aliphatic carbocycles. The highest BCUT2D eigenvalue weighted by molar-refractivity contribution is 5.40. The van der Waals surface area contributed by atoms with Gasteiger partial charge in [-0.1, -0.05) is 47.0 Å². The highest BCUT2D eigenvalue weighted by atomic mass is 16.4. The number of rotatable bonds is 10. The van der Waals surface area contributed by atoms with Crippen LogP contribution >= 0.6 is 0 Å². The molecule has 0 radical (unpaired) electrons. The van der Waals surface area contributed by atoms with Crippen molar-refractivity contribution in [2.75, 3.05) is 0 Å². The summed E-state index contributed by atoms with van der Waals surface area (Å²) in [6.07, 6.45) is 8.21. The third-order valence-electron chi connectivity index (χ3n) is 4.12. The Balaban J connectivity index is 3.04. The van der Waals surface area contributed by atoms with Crippen LogP contribution in [0.2, 0.25) is 0 Å². The number of aromatic hydroxyl groups is 1. The lowest BCUT2D eigenvalue weighted by atomic mass is 9.98. The Morgan fingerprint density at radius 3 is 2.09 bits per heavy atom. The molecule has 3 heteroatoms. The first-order valence-corrected chi connectivity index (χ1v) is 8.87. The zero-order valence-corrected chi connectivity index (χ0v) is 14.7. The van der Waals surface area contributed by atoms with E-state index in [2.05, 4.69) is 27.7 Å². The van der Waals surface area contributed by atoms with Crippen molar-refractivity contribution < 1.29 is 9.52 Å². The Labute approximate surface area is 134 Å². The van der Waals surface area contributed by atoms with Crippen molar-refractivity contribution in [1.82, 2.24) is 0 Å². The lowest BCUT2D eigenvalue weighted by molar-refractivity contribution is 0.391. The minimum Gasteiger partial charge on any atom is -0.507 e. The molecule has 1 heterocycles. The zero-order valence-electron chi connectivity index (χ0n) is 14.7. The van der Waals surface area contributed by atoms with Crippen molar-refractivity contribution in [2.24, 2.45) is 5.92 Å². The molecule has 0 aliphatic heterocycles. The summed E-state index contributed by atoms with van der Waals surface area (Å²) in [5.41, 5.74) is 1.00. The molecule has 0 bridgehead atoms. The summed E-state index contributed by atoms with van der Waals surface area (Å²) >= 11 is 0. The number of aryl methyl sites for hydroxylation is 1. The van der Waals surface area contributed by atoms with E-state index in [1.807, 2.05) is 0 Å². The molecule has 0 unspecified atom stereocenters. The van der Waals surface area contributed by atoms with Gasteiger partial charge in [-0.3, -0.25) is 0 Å². The summed E-state index contributed by atoms with van der Waals surface area (Å²) in [7, 11) is 0. The molecule has 0 amide bonds. The SMILES string of the molecule is CCCCc1c(CCCC(C)C)oc(=O)c(CCCC)c1O. The van der Waals surface area contributed by atoms with Gasteiger partial charge in [0.25, 0.3) is 0 Å². The average molecular weight is 308 g/mol. The van der Waals surface area contributed by atoms with E-state index in [1.54, 1.807) is 0 Å². The van der Waals surface area contributed by atoms with E-state index in [0.29, 0.717) is 23.7 Å². The first kappa shape index (κ1) is 18.8. The van der Waals surface area contributed by atoms with Crippen LogP contribution in [-0.4, -0.2) is 5.11 Å². The number of unbranched alkanes of at least 4 members (excludes halogenated alkanes) is 2. The molecule has 0 fully saturated rings. The van der Waals surface area contributed by atoms with Gasteiger partial charge in [0, 0.05) is 12.0 Å². The first-order chi connectivity index (χ1) is 10.5. The van der Waals surface area contributed by atoms with Crippen molar-refractivity contribution in [2.45, 2.75) is 85.5 Å². The third-order valence-corrected chi connectivity index (χ3v) is 4.12. The molecule has 0 saturated heterocycles. The summed E-state index contributed by atoms with van der Waals surface area (Å²) in [6, 6.07) is 0. The molecule has 1 rings (SSSR count).